The molecule has 3 nitrogen and oxygen atoms in total. The van der Waals surface area contributed by atoms with Gasteiger partial charge >= 0.3 is 0 Å². The molecule has 0 saturated heterocycles. The highest BCUT2D eigenvalue weighted by Gasteiger charge is 2.00. The van der Waals surface area contributed by atoms with Crippen LogP contribution in [0.25, 0.3) is 5.03 Å². The molecular weight excluding hydrogens is 178 g/mol. The van der Waals surface area contributed by atoms with Crippen LogP contribution in [0, 0.1) is 10.1 Å². The summed E-state index contributed by atoms with van der Waals surface area (Å²) >= 11 is 5.62. The monoisotopic (exact) mass is 183 g/mol. The molecule has 4 heteroatoms. The van der Waals surface area contributed by atoms with E-state index in [9.17, 15) is 10.1 Å². The summed E-state index contributed by atoms with van der Waals surface area (Å²) in [6.07, 6.45) is 0.775. The van der Waals surface area contributed by atoms with Crippen molar-refractivity contribution in [3.05, 3.63) is 52.2 Å². The molecule has 0 amide bonds. The molecule has 1 rings (SSSR count). The van der Waals surface area contributed by atoms with Gasteiger partial charge in [0.1, 0.15) is 5.03 Å². The van der Waals surface area contributed by atoms with Gasteiger partial charge in [0.25, 0.3) is 6.20 Å². The highest BCUT2D eigenvalue weighted by atomic mass is 35.5. The van der Waals surface area contributed by atoms with E-state index in [1.54, 1.807) is 24.3 Å². The lowest BCUT2D eigenvalue weighted by molar-refractivity contribution is -0.401. The van der Waals surface area contributed by atoms with Crippen LogP contribution >= 0.6 is 11.6 Å². The van der Waals surface area contributed by atoms with Crippen molar-refractivity contribution < 1.29 is 4.92 Å². The molecule has 0 saturated carbocycles. The maximum Gasteiger partial charge on any atom is 0.253 e. The standard InChI is InChI=1S/C8H6ClNO2/c9-8(6-10(11)12)7-4-2-1-3-5-7/h1-6H/b8-6-. The normalized spacial score (nSPS) is 11.2. The van der Waals surface area contributed by atoms with Gasteiger partial charge in [-0.25, -0.2) is 0 Å². The minimum absolute atomic E-state index is 0.139. The summed E-state index contributed by atoms with van der Waals surface area (Å²) < 4.78 is 0. The lowest BCUT2D eigenvalue weighted by Gasteiger charge is -1.93. The topological polar surface area (TPSA) is 43.1 Å². The fourth-order valence-corrected chi connectivity index (χ4v) is 0.970. The maximum absolute atomic E-state index is 10.0. The third kappa shape index (κ3) is 2.36. The zero-order valence-corrected chi connectivity index (χ0v) is 6.86. The quantitative estimate of drug-likeness (QED) is 0.522. The highest BCUT2D eigenvalue weighted by molar-refractivity contribution is 6.48. The first-order valence-corrected chi connectivity index (χ1v) is 3.64. The molecular formula is C8H6ClNO2. The second-order valence-corrected chi connectivity index (χ2v) is 2.54. The fraction of sp³-hybridized carbons (Fsp3) is 0. The Bertz CT molecular complexity index is 308. The molecule has 0 aliphatic heterocycles. The largest absolute Gasteiger partial charge is 0.259 e. The smallest absolute Gasteiger partial charge is 0.253 e. The van der Waals surface area contributed by atoms with Gasteiger partial charge in [0, 0.05) is 0 Å². The molecule has 0 atom stereocenters. The number of nitro groups is 1. The maximum atomic E-state index is 10.0. The van der Waals surface area contributed by atoms with Crippen molar-refractivity contribution in [2.75, 3.05) is 0 Å². The van der Waals surface area contributed by atoms with Gasteiger partial charge in [-0.15, -0.1) is 0 Å². The minimum Gasteiger partial charge on any atom is -0.259 e. The molecule has 1 aromatic rings. The summed E-state index contributed by atoms with van der Waals surface area (Å²) in [5.41, 5.74) is 0.649. The Labute approximate surface area is 74.4 Å². The molecule has 62 valence electrons. The Kier molecular flexibility index (Phi) is 2.82. The van der Waals surface area contributed by atoms with Crippen LogP contribution in [0.1, 0.15) is 5.56 Å². The summed E-state index contributed by atoms with van der Waals surface area (Å²) in [7, 11) is 0. The number of rotatable bonds is 2. The van der Waals surface area contributed by atoms with E-state index in [0.717, 1.165) is 6.20 Å². The number of halogens is 1. The van der Waals surface area contributed by atoms with Gasteiger partial charge in [0.2, 0.25) is 0 Å². The third-order valence-corrected chi connectivity index (χ3v) is 1.58. The van der Waals surface area contributed by atoms with Crippen LogP contribution in [0.15, 0.2) is 36.5 Å². The van der Waals surface area contributed by atoms with Gasteiger partial charge in [-0.05, 0) is 5.56 Å². The molecule has 0 spiro atoms. The molecule has 0 aromatic heterocycles. The van der Waals surface area contributed by atoms with Gasteiger partial charge in [-0.3, -0.25) is 10.1 Å². The van der Waals surface area contributed by atoms with E-state index in [0.29, 0.717) is 5.56 Å². The summed E-state index contributed by atoms with van der Waals surface area (Å²) in [6.45, 7) is 0. The SMILES string of the molecule is O=[N+]([O-])/C=C(\Cl)c1ccccc1. The molecule has 0 heterocycles. The van der Waals surface area contributed by atoms with Crippen LogP contribution in [-0.4, -0.2) is 4.92 Å². The van der Waals surface area contributed by atoms with Crippen LogP contribution in [0.5, 0.6) is 0 Å². The third-order valence-electron chi connectivity index (χ3n) is 1.27. The van der Waals surface area contributed by atoms with Crippen LogP contribution in [0.3, 0.4) is 0 Å². The van der Waals surface area contributed by atoms with Crippen molar-refractivity contribution in [3.63, 3.8) is 0 Å². The second kappa shape index (κ2) is 3.88. The van der Waals surface area contributed by atoms with Crippen LogP contribution in [0.4, 0.5) is 0 Å². The van der Waals surface area contributed by atoms with Crippen molar-refractivity contribution >= 4 is 16.6 Å². The Morgan fingerprint density at radius 3 is 2.50 bits per heavy atom. The average Bonchev–Trinajstić information content (AvgIpc) is 2.05. The van der Waals surface area contributed by atoms with Crippen LogP contribution < -0.4 is 0 Å². The molecule has 0 N–H and O–H groups in total. The van der Waals surface area contributed by atoms with Gasteiger partial charge < -0.3 is 0 Å². The molecule has 0 aliphatic rings. The van der Waals surface area contributed by atoms with E-state index in [2.05, 4.69) is 0 Å². The summed E-state index contributed by atoms with van der Waals surface area (Å²) in [5, 5.41) is 10.2. The van der Waals surface area contributed by atoms with Gasteiger partial charge in [0.05, 0.1) is 4.92 Å². The number of hydrogen-bond donors (Lipinski definition) is 0. The second-order valence-electron chi connectivity index (χ2n) is 2.13. The minimum atomic E-state index is -0.574. The molecule has 1 aromatic carbocycles. The van der Waals surface area contributed by atoms with Gasteiger partial charge in [0.15, 0.2) is 0 Å². The van der Waals surface area contributed by atoms with E-state index < -0.39 is 4.92 Å². The first-order valence-electron chi connectivity index (χ1n) is 3.26. The molecule has 0 aliphatic carbocycles. The van der Waals surface area contributed by atoms with Crippen LogP contribution in [0.2, 0.25) is 0 Å². The van der Waals surface area contributed by atoms with Crippen molar-refractivity contribution in [2.45, 2.75) is 0 Å². The fourth-order valence-electron chi connectivity index (χ4n) is 0.764. The Hall–Kier alpha value is -1.35. The van der Waals surface area contributed by atoms with E-state index in [4.69, 9.17) is 11.6 Å². The predicted octanol–water partition coefficient (Wildman–Crippen LogP) is 2.50. The Balaban J connectivity index is 2.93. The summed E-state index contributed by atoms with van der Waals surface area (Å²) in [6, 6.07) is 8.78. The zero-order valence-electron chi connectivity index (χ0n) is 6.11. The molecule has 0 bridgehead atoms. The zero-order chi connectivity index (χ0) is 8.97. The lowest BCUT2D eigenvalue weighted by Crippen LogP contribution is -1.85. The van der Waals surface area contributed by atoms with Crippen molar-refractivity contribution in [3.8, 4) is 0 Å². The average molecular weight is 184 g/mol. The van der Waals surface area contributed by atoms with Gasteiger partial charge in [-0.1, -0.05) is 41.9 Å². The predicted molar refractivity (Wildman–Crippen MR) is 47.3 cm³/mol. The first kappa shape index (κ1) is 8.74. The molecule has 0 unspecified atom stereocenters. The highest BCUT2D eigenvalue weighted by Crippen LogP contribution is 2.17. The molecule has 0 fully saturated rings. The van der Waals surface area contributed by atoms with E-state index >= 15 is 0 Å². The van der Waals surface area contributed by atoms with E-state index in [1.807, 2.05) is 6.07 Å². The Morgan fingerprint density at radius 2 is 2.00 bits per heavy atom. The number of nitrogens with zero attached hydrogens (tertiary/aromatic N) is 1. The lowest BCUT2D eigenvalue weighted by atomic mass is 10.2. The number of benzene rings is 1. The Morgan fingerprint density at radius 1 is 1.42 bits per heavy atom. The summed E-state index contributed by atoms with van der Waals surface area (Å²) in [5.74, 6) is 0. The first-order chi connectivity index (χ1) is 5.70. The van der Waals surface area contributed by atoms with E-state index in [-0.39, 0.29) is 5.03 Å². The number of hydrogen-bond acceptors (Lipinski definition) is 2. The van der Waals surface area contributed by atoms with Crippen molar-refractivity contribution in [1.29, 1.82) is 0 Å². The molecule has 12 heavy (non-hydrogen) atoms. The van der Waals surface area contributed by atoms with Gasteiger partial charge in [-0.2, -0.15) is 0 Å². The van der Waals surface area contributed by atoms with Crippen molar-refractivity contribution in [1.82, 2.24) is 0 Å². The van der Waals surface area contributed by atoms with Crippen molar-refractivity contribution in [2.24, 2.45) is 0 Å². The van der Waals surface area contributed by atoms with E-state index in [1.165, 1.54) is 0 Å². The van der Waals surface area contributed by atoms with Crippen LogP contribution in [-0.2, 0) is 0 Å². The molecule has 0 radical (unpaired) electrons. The summed E-state index contributed by atoms with van der Waals surface area (Å²) in [4.78, 5) is 9.45.